The second-order valence-electron chi connectivity index (χ2n) is 8.56. The highest BCUT2D eigenvalue weighted by Crippen LogP contribution is 2.20. The van der Waals surface area contributed by atoms with Crippen molar-refractivity contribution in [1.82, 2.24) is 15.3 Å². The lowest BCUT2D eigenvalue weighted by atomic mass is 10.1. The van der Waals surface area contributed by atoms with E-state index in [0.717, 1.165) is 19.1 Å². The van der Waals surface area contributed by atoms with Gasteiger partial charge < -0.3 is 14.8 Å². The molecule has 2 aliphatic rings. The maximum absolute atomic E-state index is 12.6. The van der Waals surface area contributed by atoms with Crippen LogP contribution in [0, 0.1) is 0 Å². The Morgan fingerprint density at radius 3 is 2.09 bits per heavy atom. The zero-order valence-electron chi connectivity index (χ0n) is 20.1. The summed E-state index contributed by atoms with van der Waals surface area (Å²) in [4.78, 5) is 56.0. The first-order valence-corrected chi connectivity index (χ1v) is 11.1. The number of hydrogen-bond acceptors (Lipinski definition) is 6. The lowest BCUT2D eigenvalue weighted by Gasteiger charge is -2.37. The summed E-state index contributed by atoms with van der Waals surface area (Å²) in [5.74, 6) is -0.728. The standard InChI is InChI=1S/C16H19N3O3.C6H12O2.C2H4O/c20-14-9-8-13(16(22)19-11-5-4-10-18(14)19)17-15(21)12-6-2-1-3-7-12;1-5(7)8-6(2,3)4;1-2-3/h1-3,6-7,13H,4-5,8-11H2,(H,17,21);1-4H3;2H,1H3. The van der Waals surface area contributed by atoms with E-state index in [1.54, 1.807) is 29.3 Å². The fourth-order valence-corrected chi connectivity index (χ4v) is 3.35. The second kappa shape index (κ2) is 13.3. The molecule has 0 radical (unpaired) electrons. The quantitative estimate of drug-likeness (QED) is 0.535. The van der Waals surface area contributed by atoms with Gasteiger partial charge in [-0.1, -0.05) is 18.2 Å². The molecule has 2 saturated heterocycles. The maximum atomic E-state index is 12.6. The van der Waals surface area contributed by atoms with Crippen molar-refractivity contribution in [1.29, 1.82) is 0 Å². The number of nitrogens with zero attached hydrogens (tertiary/aromatic N) is 2. The number of fused-ring (bicyclic) bond motifs is 1. The molecule has 2 aliphatic heterocycles. The SMILES string of the molecule is CC(=O)OC(C)(C)C.CC=O.O=C(NC1CCC(=O)N2CCCCN2C1=O)c1ccccc1. The number of rotatable bonds is 2. The predicted octanol–water partition coefficient (Wildman–Crippen LogP) is 2.50. The van der Waals surface area contributed by atoms with Gasteiger partial charge in [0.25, 0.3) is 11.8 Å². The molecule has 0 aliphatic carbocycles. The number of ether oxygens (including phenoxy) is 1. The summed E-state index contributed by atoms with van der Waals surface area (Å²) in [6.07, 6.45) is 3.18. The van der Waals surface area contributed by atoms with Gasteiger partial charge in [-0.2, -0.15) is 0 Å². The predicted molar refractivity (Wildman–Crippen MR) is 123 cm³/mol. The van der Waals surface area contributed by atoms with Gasteiger partial charge in [-0.3, -0.25) is 24.2 Å². The van der Waals surface area contributed by atoms with Gasteiger partial charge in [0.2, 0.25) is 5.91 Å². The van der Waals surface area contributed by atoms with E-state index in [-0.39, 0.29) is 35.7 Å². The molecule has 1 N–H and O–H groups in total. The second-order valence-corrected chi connectivity index (χ2v) is 8.56. The first-order valence-electron chi connectivity index (χ1n) is 11.1. The monoisotopic (exact) mass is 461 g/mol. The fraction of sp³-hybridized carbons (Fsp3) is 0.542. The van der Waals surface area contributed by atoms with Crippen molar-refractivity contribution in [2.24, 2.45) is 0 Å². The molecule has 1 atom stereocenters. The summed E-state index contributed by atoms with van der Waals surface area (Å²) in [5.41, 5.74) is 0.188. The summed E-state index contributed by atoms with van der Waals surface area (Å²) in [7, 11) is 0. The molecule has 0 aromatic heterocycles. The molecular formula is C24H35N3O6. The van der Waals surface area contributed by atoms with Crippen molar-refractivity contribution in [3.63, 3.8) is 0 Å². The lowest BCUT2D eigenvalue weighted by molar-refractivity contribution is -0.165. The van der Waals surface area contributed by atoms with Gasteiger partial charge in [0.15, 0.2) is 0 Å². The highest BCUT2D eigenvalue weighted by Gasteiger charge is 2.37. The Balaban J connectivity index is 0.000000417. The van der Waals surface area contributed by atoms with E-state index < -0.39 is 6.04 Å². The van der Waals surface area contributed by atoms with Crippen LogP contribution in [-0.4, -0.2) is 64.7 Å². The van der Waals surface area contributed by atoms with E-state index in [1.165, 1.54) is 18.9 Å². The van der Waals surface area contributed by atoms with Crippen molar-refractivity contribution < 1.29 is 28.7 Å². The average Bonchev–Trinajstić information content (AvgIpc) is 2.86. The minimum absolute atomic E-state index is 0.0375. The van der Waals surface area contributed by atoms with Gasteiger partial charge in [-0.25, -0.2) is 5.01 Å². The van der Waals surface area contributed by atoms with Crippen LogP contribution in [0.1, 0.15) is 70.7 Å². The smallest absolute Gasteiger partial charge is 0.303 e. The van der Waals surface area contributed by atoms with Gasteiger partial charge in [0.1, 0.15) is 17.9 Å². The van der Waals surface area contributed by atoms with Gasteiger partial charge in [-0.05, 0) is 59.1 Å². The van der Waals surface area contributed by atoms with E-state index >= 15 is 0 Å². The number of benzene rings is 1. The van der Waals surface area contributed by atoms with E-state index in [4.69, 9.17) is 9.53 Å². The number of hydrogen-bond donors (Lipinski definition) is 1. The Hall–Kier alpha value is -3.23. The average molecular weight is 462 g/mol. The highest BCUT2D eigenvalue weighted by atomic mass is 16.6. The van der Waals surface area contributed by atoms with Crippen LogP contribution < -0.4 is 5.32 Å². The molecule has 0 spiro atoms. The van der Waals surface area contributed by atoms with Gasteiger partial charge in [0.05, 0.1) is 0 Å². The van der Waals surface area contributed by atoms with Crippen LogP contribution in [0.2, 0.25) is 0 Å². The third kappa shape index (κ3) is 9.84. The molecule has 9 heteroatoms. The molecule has 9 nitrogen and oxygen atoms in total. The summed E-state index contributed by atoms with van der Waals surface area (Å²) < 4.78 is 4.80. The van der Waals surface area contributed by atoms with E-state index in [2.05, 4.69) is 5.32 Å². The number of nitrogens with one attached hydrogen (secondary N) is 1. The summed E-state index contributed by atoms with van der Waals surface area (Å²) in [5, 5.41) is 5.82. The topological polar surface area (TPSA) is 113 Å². The molecule has 2 fully saturated rings. The van der Waals surface area contributed by atoms with Gasteiger partial charge in [0, 0.05) is 32.0 Å². The van der Waals surface area contributed by atoms with E-state index in [1.807, 2.05) is 26.8 Å². The van der Waals surface area contributed by atoms with Crippen LogP contribution >= 0.6 is 0 Å². The minimum atomic E-state index is -0.639. The van der Waals surface area contributed by atoms with Crippen molar-refractivity contribution in [2.45, 2.75) is 71.9 Å². The number of esters is 1. The van der Waals surface area contributed by atoms with Crippen LogP contribution in [0.4, 0.5) is 0 Å². The molecule has 1 aromatic carbocycles. The molecule has 3 rings (SSSR count). The largest absolute Gasteiger partial charge is 0.460 e. The maximum Gasteiger partial charge on any atom is 0.303 e. The Bertz CT molecular complexity index is 819. The first-order chi connectivity index (χ1) is 15.5. The Labute approximate surface area is 195 Å². The third-order valence-electron chi connectivity index (χ3n) is 4.56. The zero-order chi connectivity index (χ0) is 25.0. The van der Waals surface area contributed by atoms with E-state index in [9.17, 15) is 19.2 Å². The molecule has 2 heterocycles. The molecule has 1 aromatic rings. The summed E-state index contributed by atoms with van der Waals surface area (Å²) in [6, 6.07) is 8.15. The van der Waals surface area contributed by atoms with Gasteiger partial charge in [-0.15, -0.1) is 0 Å². The van der Waals surface area contributed by atoms with Crippen molar-refractivity contribution in [2.75, 3.05) is 13.1 Å². The fourth-order valence-electron chi connectivity index (χ4n) is 3.35. The lowest BCUT2D eigenvalue weighted by Crippen LogP contribution is -2.56. The molecule has 3 amide bonds. The molecule has 33 heavy (non-hydrogen) atoms. The minimum Gasteiger partial charge on any atom is -0.460 e. The highest BCUT2D eigenvalue weighted by molar-refractivity contribution is 5.98. The first kappa shape index (κ1) is 27.8. The third-order valence-corrected chi connectivity index (χ3v) is 4.56. The van der Waals surface area contributed by atoms with E-state index in [0.29, 0.717) is 25.1 Å². The van der Waals surface area contributed by atoms with Crippen molar-refractivity contribution >= 4 is 30.0 Å². The van der Waals surface area contributed by atoms with Crippen LogP contribution in [0.5, 0.6) is 0 Å². The van der Waals surface area contributed by atoms with Crippen LogP contribution in [0.15, 0.2) is 30.3 Å². The van der Waals surface area contributed by atoms with Crippen LogP contribution in [-0.2, 0) is 23.9 Å². The Kier molecular flexibility index (Phi) is 11.2. The normalized spacial score (nSPS) is 17.8. The number of amides is 3. The molecule has 0 saturated carbocycles. The zero-order valence-corrected chi connectivity index (χ0v) is 20.1. The summed E-state index contributed by atoms with van der Waals surface area (Å²) in [6.45, 7) is 9.51. The van der Waals surface area contributed by atoms with Crippen molar-refractivity contribution in [3.8, 4) is 0 Å². The Morgan fingerprint density at radius 1 is 1.06 bits per heavy atom. The van der Waals surface area contributed by atoms with Crippen LogP contribution in [0.25, 0.3) is 0 Å². The molecule has 1 unspecified atom stereocenters. The number of carbonyl (C=O) groups is 5. The molecular weight excluding hydrogens is 426 g/mol. The summed E-state index contributed by atoms with van der Waals surface area (Å²) >= 11 is 0. The number of aldehydes is 1. The number of carbonyl (C=O) groups excluding carboxylic acids is 5. The Morgan fingerprint density at radius 2 is 1.61 bits per heavy atom. The number of hydrazine groups is 1. The molecule has 0 bridgehead atoms. The molecule has 182 valence electrons. The van der Waals surface area contributed by atoms with Crippen molar-refractivity contribution in [3.05, 3.63) is 35.9 Å². The van der Waals surface area contributed by atoms with Crippen LogP contribution in [0.3, 0.4) is 0 Å². The van der Waals surface area contributed by atoms with Gasteiger partial charge >= 0.3 is 5.97 Å².